The molecule has 2 unspecified atom stereocenters. The van der Waals surface area contributed by atoms with Crippen LogP contribution in [0.25, 0.3) is 0 Å². The summed E-state index contributed by atoms with van der Waals surface area (Å²) in [5.41, 5.74) is -0.0504. The van der Waals surface area contributed by atoms with Crippen LogP contribution in [0.3, 0.4) is 0 Å². The number of aliphatic hydroxyl groups is 1. The minimum Gasteiger partial charge on any atom is -0.481 e. The number of carboxylic acids is 1. The highest BCUT2D eigenvalue weighted by molar-refractivity contribution is 5.72. The smallest absolute Gasteiger partial charge is 0.410 e. The highest BCUT2D eigenvalue weighted by atomic mass is 16.8. The summed E-state index contributed by atoms with van der Waals surface area (Å²) in [7, 11) is 7.28. The van der Waals surface area contributed by atoms with Crippen molar-refractivity contribution in [3.8, 4) is 0 Å². The largest absolute Gasteiger partial charge is 0.481 e. The van der Waals surface area contributed by atoms with Crippen LogP contribution >= 0.6 is 0 Å². The van der Waals surface area contributed by atoms with Crippen LogP contribution in [0.2, 0.25) is 0 Å². The van der Waals surface area contributed by atoms with Gasteiger partial charge in [0, 0.05) is 66.8 Å². The molecule has 4 aromatic rings. The van der Waals surface area contributed by atoms with Crippen molar-refractivity contribution in [2.24, 2.45) is 21.8 Å². The summed E-state index contributed by atoms with van der Waals surface area (Å²) >= 11 is 0. The molecule has 25 heteroatoms. The van der Waals surface area contributed by atoms with Crippen LogP contribution in [0.1, 0.15) is 117 Å². The molecular weight excluding hydrogens is 1100 g/mol. The topological polar surface area (TPSA) is 281 Å². The van der Waals surface area contributed by atoms with Gasteiger partial charge >= 0.3 is 35.5 Å². The van der Waals surface area contributed by atoms with Gasteiger partial charge in [0.25, 0.3) is 0 Å². The summed E-state index contributed by atoms with van der Waals surface area (Å²) in [4.78, 5) is 95.6. The van der Waals surface area contributed by atoms with E-state index in [0.29, 0.717) is 51.3 Å². The number of ether oxygens (including phenoxy) is 7. The second kappa shape index (κ2) is 35.0. The van der Waals surface area contributed by atoms with Gasteiger partial charge in [-0.05, 0) is 90.5 Å². The van der Waals surface area contributed by atoms with Crippen LogP contribution < -0.4 is 11.4 Å². The third kappa shape index (κ3) is 26.9. The van der Waals surface area contributed by atoms with Crippen molar-refractivity contribution in [1.82, 2.24) is 38.7 Å². The molecule has 2 aromatic carbocycles. The zero-order valence-electron chi connectivity index (χ0n) is 51.3. The van der Waals surface area contributed by atoms with Crippen molar-refractivity contribution in [2.45, 2.75) is 143 Å². The molecule has 2 amide bonds. The van der Waals surface area contributed by atoms with E-state index in [2.05, 4.69) is 20.0 Å². The van der Waals surface area contributed by atoms with Gasteiger partial charge in [-0.1, -0.05) is 87.4 Å². The minimum absolute atomic E-state index is 0.0867. The van der Waals surface area contributed by atoms with Gasteiger partial charge in [0.2, 0.25) is 0 Å². The molecular formula is C60H88N10O15. The molecule has 0 aliphatic carbocycles. The number of carbonyl (C=O) groups is 4. The number of hydrogen-bond acceptors (Lipinski definition) is 18. The molecule has 2 aliphatic rings. The molecule has 0 spiro atoms. The Bertz CT molecular complexity index is 2860. The number of carboxylic acid groups (broad SMARTS) is 1. The number of aromatic nitrogens is 4. The molecule has 0 bridgehead atoms. The summed E-state index contributed by atoms with van der Waals surface area (Å²) in [6, 6.07) is 22.8. The fourth-order valence-corrected chi connectivity index (χ4v) is 7.87. The van der Waals surface area contributed by atoms with Crippen molar-refractivity contribution in [3.63, 3.8) is 0 Å². The molecule has 2 N–H and O–H groups in total. The van der Waals surface area contributed by atoms with Gasteiger partial charge in [0.1, 0.15) is 17.8 Å². The van der Waals surface area contributed by atoms with Crippen LogP contribution in [0.5, 0.6) is 0 Å². The van der Waals surface area contributed by atoms with Crippen molar-refractivity contribution in [1.29, 1.82) is 0 Å². The third-order valence-electron chi connectivity index (χ3n) is 12.3. The fraction of sp³-hybridized carbons (Fsp3) is 0.567. The number of unbranched alkanes of at least 4 members (excludes halogenated alkanes) is 2. The number of hydrogen-bond donors (Lipinski definition) is 2. The van der Waals surface area contributed by atoms with E-state index >= 15 is 0 Å². The second-order valence-electron chi connectivity index (χ2n) is 22.8. The molecule has 2 aliphatic heterocycles. The maximum atomic E-state index is 12.8. The lowest BCUT2D eigenvalue weighted by atomic mass is 10.0. The van der Waals surface area contributed by atoms with Gasteiger partial charge in [-0.15, -0.1) is 0 Å². The van der Waals surface area contributed by atoms with Gasteiger partial charge in [-0.2, -0.15) is 9.97 Å². The number of nitrogens with zero attached hydrogens (tertiary/aromatic N) is 10. The summed E-state index contributed by atoms with van der Waals surface area (Å²) < 4.78 is 40.9. The summed E-state index contributed by atoms with van der Waals surface area (Å²) in [5, 5.41) is 17.8. The van der Waals surface area contributed by atoms with Crippen LogP contribution in [0.4, 0.5) is 21.2 Å². The molecule has 85 heavy (non-hydrogen) atoms. The first-order valence-electron chi connectivity index (χ1n) is 28.4. The Morgan fingerprint density at radius 3 is 1.44 bits per heavy atom. The Morgan fingerprint density at radius 2 is 1.06 bits per heavy atom. The number of amides is 2. The normalized spacial score (nSPS) is 17.4. The Balaban J connectivity index is 0.000000303. The zero-order valence-corrected chi connectivity index (χ0v) is 51.3. The molecule has 0 saturated carbocycles. The second-order valence-corrected chi connectivity index (χ2v) is 22.8. The van der Waals surface area contributed by atoms with Gasteiger partial charge in [0.15, 0.2) is 36.7 Å². The SMILES string of the molecule is CC(CCCCN(Cc1ccccc1)C(=O)OC(C)(C)C)C(=O)O.CC(CCCCN(Cc1ccccc1)C(=O)OC(C)(C)C)C(=O)OC[C@H]1OC[C@@H](n2ccc(N=CN(C)C)nc2=O)O1.CN(C)C=Nc1ccn([C@@H]2CO[C@H](CO)O2)c(=O)n1. The molecule has 6 rings (SSSR count). The first-order chi connectivity index (χ1) is 40.2. The molecule has 0 radical (unpaired) electrons. The Labute approximate surface area is 498 Å². The van der Waals surface area contributed by atoms with Crippen molar-refractivity contribution in [2.75, 3.05) is 67.7 Å². The monoisotopic (exact) mass is 1190 g/mol. The van der Waals surface area contributed by atoms with E-state index < -0.39 is 53.6 Å². The maximum absolute atomic E-state index is 12.8. The Morgan fingerprint density at radius 1 is 0.647 bits per heavy atom. The van der Waals surface area contributed by atoms with Gasteiger partial charge in [-0.25, -0.2) is 29.2 Å². The van der Waals surface area contributed by atoms with E-state index in [-0.39, 0.29) is 62.2 Å². The number of aliphatic hydroxyl groups excluding tert-OH is 1. The number of aliphatic carboxylic acids is 1. The lowest BCUT2D eigenvalue weighted by Gasteiger charge is -2.27. The summed E-state index contributed by atoms with van der Waals surface area (Å²) in [6.45, 7) is 16.6. The lowest BCUT2D eigenvalue weighted by Crippen LogP contribution is -2.37. The lowest BCUT2D eigenvalue weighted by molar-refractivity contribution is -0.163. The minimum atomic E-state index is -0.787. The van der Waals surface area contributed by atoms with Crippen LogP contribution in [0.15, 0.2) is 105 Å². The van der Waals surface area contributed by atoms with Crippen molar-refractivity contribution >= 4 is 48.4 Å². The molecule has 6 atom stereocenters. The standard InChI is InChI=1S/C30H43N5O7.C19H29NO4.C11H16N4O4/c1-22(12-10-11-16-34(29(38)42-30(2,3)4)18-23-13-8-7-9-14-23)27(36)40-20-26-39-19-25(41-26)35-17-15-24(32-28(35)37)31-21-33(5)6;1-15(17(21)22)10-8-9-13-20(18(23)24-19(2,3)4)14-16-11-6-5-7-12-16;1-14(2)7-12-8-3-4-15(11(17)13-8)9-6-18-10(5-16)19-9/h7-9,13-15,17,21-22,25-26H,10-12,16,18-20H2,1-6H3;5-7,11-12,15H,8-10,13-14H2,1-4H3,(H,21,22);3-4,7,9-10,16H,5-6H2,1-2H3/t22?,25-,26-;;9-,10-/m0.0/s1. The van der Waals surface area contributed by atoms with E-state index in [1.807, 2.05) is 137 Å². The number of benzene rings is 2. The average molecular weight is 1190 g/mol. The molecule has 2 saturated heterocycles. The van der Waals surface area contributed by atoms with E-state index in [4.69, 9.17) is 43.4 Å². The average Bonchev–Trinajstić information content (AvgIpc) is 4.06. The molecule has 4 heterocycles. The van der Waals surface area contributed by atoms with E-state index in [0.717, 1.165) is 30.4 Å². The predicted molar refractivity (Wildman–Crippen MR) is 318 cm³/mol. The number of rotatable bonds is 25. The van der Waals surface area contributed by atoms with E-state index in [1.54, 1.807) is 63.7 Å². The van der Waals surface area contributed by atoms with Crippen LogP contribution in [0, 0.1) is 11.8 Å². The van der Waals surface area contributed by atoms with Gasteiger partial charge < -0.3 is 63.0 Å². The van der Waals surface area contributed by atoms with Crippen molar-refractivity contribution in [3.05, 3.63) is 117 Å². The van der Waals surface area contributed by atoms with E-state index in [9.17, 15) is 28.8 Å². The first-order valence-corrected chi connectivity index (χ1v) is 28.4. The summed E-state index contributed by atoms with van der Waals surface area (Å²) in [6.07, 6.45) is 6.96. The molecule has 2 fully saturated rings. The maximum Gasteiger partial charge on any atom is 0.410 e. The summed E-state index contributed by atoms with van der Waals surface area (Å²) in [5.74, 6) is -1.21. The van der Waals surface area contributed by atoms with Crippen molar-refractivity contribution < 1.29 is 62.5 Å². The predicted octanol–water partition coefficient (Wildman–Crippen LogP) is 7.77. The molecule has 2 aromatic heterocycles. The van der Waals surface area contributed by atoms with Crippen LogP contribution in [-0.4, -0.2) is 177 Å². The Kier molecular flexibility index (Phi) is 28.8. The number of aliphatic imine (C=N–C) groups is 2. The number of esters is 1. The fourth-order valence-electron chi connectivity index (χ4n) is 7.87. The highest BCUT2D eigenvalue weighted by Crippen LogP contribution is 2.23. The van der Waals surface area contributed by atoms with Gasteiger partial charge in [0.05, 0.1) is 44.3 Å². The molecule has 468 valence electrons. The van der Waals surface area contributed by atoms with Gasteiger partial charge in [-0.3, -0.25) is 18.7 Å². The Hall–Kier alpha value is -7.58. The third-order valence-corrected chi connectivity index (χ3v) is 12.3. The van der Waals surface area contributed by atoms with Crippen LogP contribution in [-0.2, 0) is 55.8 Å². The van der Waals surface area contributed by atoms with E-state index in [1.165, 1.54) is 9.13 Å². The first kappa shape index (κ1) is 69.9. The zero-order chi connectivity index (χ0) is 62.7. The highest BCUT2D eigenvalue weighted by Gasteiger charge is 2.31. The molecule has 25 nitrogen and oxygen atoms in total. The number of carbonyl (C=O) groups excluding carboxylic acids is 3. The quantitative estimate of drug-likeness (QED) is 0.0211.